The van der Waals surface area contributed by atoms with Crippen LogP contribution in [0.1, 0.15) is 40.0 Å². The number of rotatable bonds is 4. The van der Waals surface area contributed by atoms with Crippen molar-refractivity contribution in [2.24, 2.45) is 5.41 Å². The molecule has 0 bridgehead atoms. The maximum Gasteiger partial charge on any atom is 0.00110 e. The van der Waals surface area contributed by atoms with Gasteiger partial charge in [-0.25, -0.2) is 0 Å². The van der Waals surface area contributed by atoms with Crippen LogP contribution in [0.2, 0.25) is 0 Å². The van der Waals surface area contributed by atoms with Gasteiger partial charge in [-0.3, -0.25) is 0 Å². The highest BCUT2D eigenvalue weighted by Gasteiger charge is 2.29. The van der Waals surface area contributed by atoms with Crippen LogP contribution >= 0.6 is 0 Å². The smallest absolute Gasteiger partial charge is 0.00110 e. The standard InChI is InChI=1S/C11H24N2/c1-4-11(9-13-10(2)3)5-7-12-8-6-11/h10,12-13H,4-9H2,1-3H3. The maximum absolute atomic E-state index is 3.58. The average Bonchev–Trinajstić information content (AvgIpc) is 2.16. The molecule has 0 spiro atoms. The molecule has 2 N–H and O–H groups in total. The van der Waals surface area contributed by atoms with Gasteiger partial charge in [-0.2, -0.15) is 0 Å². The fourth-order valence-corrected chi connectivity index (χ4v) is 2.03. The van der Waals surface area contributed by atoms with Crippen molar-refractivity contribution in [1.82, 2.24) is 10.6 Å². The van der Waals surface area contributed by atoms with Crippen LogP contribution < -0.4 is 10.6 Å². The first-order valence-electron chi connectivity index (χ1n) is 5.63. The van der Waals surface area contributed by atoms with Crippen molar-refractivity contribution in [3.05, 3.63) is 0 Å². The quantitative estimate of drug-likeness (QED) is 0.696. The van der Waals surface area contributed by atoms with E-state index in [1.807, 2.05) is 0 Å². The van der Waals surface area contributed by atoms with E-state index in [2.05, 4.69) is 31.4 Å². The summed E-state index contributed by atoms with van der Waals surface area (Å²) in [7, 11) is 0. The van der Waals surface area contributed by atoms with Gasteiger partial charge in [0.1, 0.15) is 0 Å². The van der Waals surface area contributed by atoms with Gasteiger partial charge in [-0.15, -0.1) is 0 Å². The van der Waals surface area contributed by atoms with Gasteiger partial charge in [0, 0.05) is 12.6 Å². The predicted molar refractivity (Wildman–Crippen MR) is 58.0 cm³/mol. The summed E-state index contributed by atoms with van der Waals surface area (Å²) in [5.74, 6) is 0. The minimum absolute atomic E-state index is 0.579. The molecule has 0 aromatic carbocycles. The Bertz CT molecular complexity index is 137. The average molecular weight is 184 g/mol. The fourth-order valence-electron chi connectivity index (χ4n) is 2.03. The first-order valence-corrected chi connectivity index (χ1v) is 5.63. The molecule has 1 saturated heterocycles. The third-order valence-corrected chi connectivity index (χ3v) is 3.30. The lowest BCUT2D eigenvalue weighted by Gasteiger charge is -2.37. The zero-order valence-electron chi connectivity index (χ0n) is 9.32. The van der Waals surface area contributed by atoms with Crippen LogP contribution in [0, 0.1) is 5.41 Å². The zero-order chi connectivity index (χ0) is 9.73. The molecule has 1 fully saturated rings. The summed E-state index contributed by atoms with van der Waals surface area (Å²) in [6, 6.07) is 0.623. The van der Waals surface area contributed by atoms with Crippen LogP contribution in [0.25, 0.3) is 0 Å². The molecular weight excluding hydrogens is 160 g/mol. The molecule has 0 aliphatic carbocycles. The summed E-state index contributed by atoms with van der Waals surface area (Å²) in [6.07, 6.45) is 3.99. The normalized spacial score (nSPS) is 22.2. The van der Waals surface area contributed by atoms with Crippen LogP contribution in [-0.4, -0.2) is 25.7 Å². The lowest BCUT2D eigenvalue weighted by Crippen LogP contribution is -2.44. The Kier molecular flexibility index (Phi) is 4.20. The van der Waals surface area contributed by atoms with E-state index in [0.29, 0.717) is 11.5 Å². The van der Waals surface area contributed by atoms with Crippen LogP contribution in [-0.2, 0) is 0 Å². The zero-order valence-corrected chi connectivity index (χ0v) is 9.32. The summed E-state index contributed by atoms with van der Waals surface area (Å²) >= 11 is 0. The van der Waals surface area contributed by atoms with Crippen molar-refractivity contribution in [2.75, 3.05) is 19.6 Å². The van der Waals surface area contributed by atoms with Gasteiger partial charge in [0.15, 0.2) is 0 Å². The van der Waals surface area contributed by atoms with Gasteiger partial charge in [-0.1, -0.05) is 20.8 Å². The molecule has 0 atom stereocenters. The predicted octanol–water partition coefficient (Wildman–Crippen LogP) is 1.76. The summed E-state index contributed by atoms with van der Waals surface area (Å²) in [4.78, 5) is 0. The molecule has 0 amide bonds. The minimum Gasteiger partial charge on any atom is -0.317 e. The van der Waals surface area contributed by atoms with Gasteiger partial charge in [0.25, 0.3) is 0 Å². The van der Waals surface area contributed by atoms with Gasteiger partial charge in [-0.05, 0) is 37.8 Å². The SMILES string of the molecule is CCC1(CNC(C)C)CCNCC1. The van der Waals surface area contributed by atoms with E-state index in [1.165, 1.54) is 38.9 Å². The van der Waals surface area contributed by atoms with Crippen molar-refractivity contribution >= 4 is 0 Å². The Balaban J connectivity index is 2.38. The molecule has 1 aliphatic heterocycles. The molecule has 0 radical (unpaired) electrons. The van der Waals surface area contributed by atoms with E-state index < -0.39 is 0 Å². The van der Waals surface area contributed by atoms with E-state index in [-0.39, 0.29) is 0 Å². The summed E-state index contributed by atoms with van der Waals surface area (Å²) in [5, 5.41) is 7.01. The second-order valence-corrected chi connectivity index (χ2v) is 4.64. The Morgan fingerprint density at radius 1 is 1.31 bits per heavy atom. The van der Waals surface area contributed by atoms with Crippen molar-refractivity contribution in [3.63, 3.8) is 0 Å². The lowest BCUT2D eigenvalue weighted by molar-refractivity contribution is 0.181. The van der Waals surface area contributed by atoms with Crippen molar-refractivity contribution in [2.45, 2.75) is 46.1 Å². The van der Waals surface area contributed by atoms with E-state index >= 15 is 0 Å². The lowest BCUT2D eigenvalue weighted by atomic mass is 9.76. The van der Waals surface area contributed by atoms with Gasteiger partial charge in [0.2, 0.25) is 0 Å². The fraction of sp³-hybridized carbons (Fsp3) is 1.00. The van der Waals surface area contributed by atoms with Crippen LogP contribution in [0.3, 0.4) is 0 Å². The third-order valence-electron chi connectivity index (χ3n) is 3.30. The van der Waals surface area contributed by atoms with Gasteiger partial charge < -0.3 is 10.6 Å². The maximum atomic E-state index is 3.58. The highest BCUT2D eigenvalue weighted by atomic mass is 14.9. The largest absolute Gasteiger partial charge is 0.317 e. The Morgan fingerprint density at radius 2 is 1.92 bits per heavy atom. The molecule has 1 rings (SSSR count). The summed E-state index contributed by atoms with van der Waals surface area (Å²) in [5.41, 5.74) is 0.579. The number of hydrogen-bond acceptors (Lipinski definition) is 2. The van der Waals surface area contributed by atoms with E-state index in [4.69, 9.17) is 0 Å². The number of nitrogens with one attached hydrogen (secondary N) is 2. The Hall–Kier alpha value is -0.0800. The van der Waals surface area contributed by atoms with Gasteiger partial charge in [0.05, 0.1) is 0 Å². The molecule has 0 aromatic heterocycles. The highest BCUT2D eigenvalue weighted by molar-refractivity contribution is 4.85. The molecule has 78 valence electrons. The molecule has 13 heavy (non-hydrogen) atoms. The van der Waals surface area contributed by atoms with E-state index in [0.717, 1.165) is 0 Å². The van der Waals surface area contributed by atoms with Crippen molar-refractivity contribution in [3.8, 4) is 0 Å². The van der Waals surface area contributed by atoms with E-state index in [9.17, 15) is 0 Å². The molecule has 0 aromatic rings. The monoisotopic (exact) mass is 184 g/mol. The Morgan fingerprint density at radius 3 is 2.38 bits per heavy atom. The first kappa shape index (κ1) is 11.0. The topological polar surface area (TPSA) is 24.1 Å². The molecule has 2 heteroatoms. The summed E-state index contributed by atoms with van der Waals surface area (Å²) < 4.78 is 0. The van der Waals surface area contributed by atoms with Crippen LogP contribution in [0.15, 0.2) is 0 Å². The highest BCUT2D eigenvalue weighted by Crippen LogP contribution is 2.31. The molecule has 2 nitrogen and oxygen atoms in total. The van der Waals surface area contributed by atoms with Gasteiger partial charge >= 0.3 is 0 Å². The molecule has 0 saturated carbocycles. The van der Waals surface area contributed by atoms with Crippen molar-refractivity contribution < 1.29 is 0 Å². The van der Waals surface area contributed by atoms with E-state index in [1.54, 1.807) is 0 Å². The Labute approximate surface area is 82.5 Å². The summed E-state index contributed by atoms with van der Waals surface area (Å²) in [6.45, 7) is 10.4. The second kappa shape index (κ2) is 4.97. The van der Waals surface area contributed by atoms with Crippen LogP contribution in [0.5, 0.6) is 0 Å². The number of hydrogen-bond donors (Lipinski definition) is 2. The molecular formula is C11H24N2. The van der Waals surface area contributed by atoms with Crippen LogP contribution in [0.4, 0.5) is 0 Å². The molecule has 0 unspecified atom stereocenters. The second-order valence-electron chi connectivity index (χ2n) is 4.64. The van der Waals surface area contributed by atoms with Crippen molar-refractivity contribution in [1.29, 1.82) is 0 Å². The number of piperidine rings is 1. The molecule has 1 heterocycles. The molecule has 1 aliphatic rings. The minimum atomic E-state index is 0.579. The first-order chi connectivity index (χ1) is 6.18. The third kappa shape index (κ3) is 3.28.